The summed E-state index contributed by atoms with van der Waals surface area (Å²) in [6, 6.07) is 0. The molecular formula is C8H11ClN2O2. The lowest BCUT2D eigenvalue weighted by molar-refractivity contribution is -0.142. The highest BCUT2D eigenvalue weighted by Gasteiger charge is 2.21. The summed E-state index contributed by atoms with van der Waals surface area (Å²) in [7, 11) is 1.77. The topological polar surface area (TPSA) is 44.1 Å². The number of halogens is 1. The molecule has 0 fully saturated rings. The van der Waals surface area contributed by atoms with Crippen LogP contribution in [0, 0.1) is 0 Å². The van der Waals surface area contributed by atoms with Gasteiger partial charge in [-0.05, 0) is 6.92 Å². The smallest absolute Gasteiger partial charge is 0.330 e. The van der Waals surface area contributed by atoms with Gasteiger partial charge in [0, 0.05) is 7.05 Å². The van der Waals surface area contributed by atoms with Gasteiger partial charge in [0.15, 0.2) is 5.38 Å². The van der Waals surface area contributed by atoms with E-state index in [1.165, 1.54) is 0 Å². The van der Waals surface area contributed by atoms with Crippen LogP contribution in [0.2, 0.25) is 0 Å². The zero-order valence-electron chi connectivity index (χ0n) is 7.53. The first-order valence-corrected chi connectivity index (χ1v) is 4.37. The van der Waals surface area contributed by atoms with Gasteiger partial charge in [-0.2, -0.15) is 0 Å². The minimum atomic E-state index is -0.771. The van der Waals surface area contributed by atoms with Crippen molar-refractivity contribution in [2.75, 3.05) is 6.61 Å². The van der Waals surface area contributed by atoms with Gasteiger partial charge >= 0.3 is 5.97 Å². The van der Waals surface area contributed by atoms with Gasteiger partial charge in [-0.25, -0.2) is 4.98 Å². The van der Waals surface area contributed by atoms with Crippen LogP contribution in [0.3, 0.4) is 0 Å². The van der Waals surface area contributed by atoms with E-state index in [0.29, 0.717) is 12.3 Å². The molecule has 0 aliphatic heterocycles. The van der Waals surface area contributed by atoms with Crippen LogP contribution in [0.25, 0.3) is 0 Å². The van der Waals surface area contributed by atoms with E-state index in [0.717, 1.165) is 0 Å². The molecule has 0 saturated heterocycles. The van der Waals surface area contributed by atoms with Gasteiger partial charge in [-0.1, -0.05) is 0 Å². The van der Waals surface area contributed by atoms with Crippen molar-refractivity contribution in [3.05, 3.63) is 18.2 Å². The SMILES string of the molecule is CCOC(=O)C(Cl)c1cncn1C. The highest BCUT2D eigenvalue weighted by atomic mass is 35.5. The molecule has 0 amide bonds. The van der Waals surface area contributed by atoms with Gasteiger partial charge in [0.25, 0.3) is 0 Å². The predicted octanol–water partition coefficient (Wildman–Crippen LogP) is 1.26. The largest absolute Gasteiger partial charge is 0.465 e. The van der Waals surface area contributed by atoms with Crippen LogP contribution in [-0.4, -0.2) is 22.1 Å². The number of carbonyl (C=O) groups is 1. The molecule has 72 valence electrons. The van der Waals surface area contributed by atoms with E-state index < -0.39 is 11.3 Å². The van der Waals surface area contributed by atoms with Crippen LogP contribution in [0.5, 0.6) is 0 Å². The summed E-state index contributed by atoms with van der Waals surface area (Å²) in [5.74, 6) is -0.437. The van der Waals surface area contributed by atoms with Crippen LogP contribution < -0.4 is 0 Å². The van der Waals surface area contributed by atoms with Crippen molar-refractivity contribution >= 4 is 17.6 Å². The second-order valence-corrected chi connectivity index (χ2v) is 2.98. The second-order valence-electron chi connectivity index (χ2n) is 2.54. The molecule has 1 atom stereocenters. The van der Waals surface area contributed by atoms with E-state index in [-0.39, 0.29) is 0 Å². The van der Waals surface area contributed by atoms with E-state index in [4.69, 9.17) is 16.3 Å². The Balaban J connectivity index is 2.73. The van der Waals surface area contributed by atoms with Gasteiger partial charge in [0.2, 0.25) is 0 Å². The Morgan fingerprint density at radius 2 is 2.54 bits per heavy atom. The second kappa shape index (κ2) is 4.28. The highest BCUT2D eigenvalue weighted by Crippen LogP contribution is 2.20. The van der Waals surface area contributed by atoms with Crippen LogP contribution in [0.4, 0.5) is 0 Å². The van der Waals surface area contributed by atoms with Gasteiger partial charge in [-0.3, -0.25) is 4.79 Å². The Bertz CT molecular complexity index is 298. The molecule has 0 aliphatic carbocycles. The number of rotatable bonds is 3. The Morgan fingerprint density at radius 3 is 3.00 bits per heavy atom. The van der Waals surface area contributed by atoms with E-state index in [9.17, 15) is 4.79 Å². The van der Waals surface area contributed by atoms with Crippen LogP contribution in [0.1, 0.15) is 18.0 Å². The number of hydrogen-bond donors (Lipinski definition) is 0. The summed E-state index contributed by atoms with van der Waals surface area (Å²) in [5, 5.41) is -0.771. The Labute approximate surface area is 81.5 Å². The molecule has 1 rings (SSSR count). The van der Waals surface area contributed by atoms with Gasteiger partial charge in [0.05, 0.1) is 24.8 Å². The molecule has 0 N–H and O–H groups in total. The third kappa shape index (κ3) is 2.21. The molecule has 1 heterocycles. The molecule has 0 saturated carbocycles. The van der Waals surface area contributed by atoms with Crippen molar-refractivity contribution in [1.82, 2.24) is 9.55 Å². The number of aryl methyl sites for hydroxylation is 1. The molecule has 1 unspecified atom stereocenters. The summed E-state index contributed by atoms with van der Waals surface area (Å²) in [4.78, 5) is 15.1. The molecule has 0 aliphatic rings. The monoisotopic (exact) mass is 202 g/mol. The maximum Gasteiger partial charge on any atom is 0.330 e. The first-order valence-electron chi connectivity index (χ1n) is 3.93. The number of aromatic nitrogens is 2. The number of alkyl halides is 1. The molecule has 4 nitrogen and oxygen atoms in total. The molecule has 0 radical (unpaired) electrons. The summed E-state index contributed by atoms with van der Waals surface area (Å²) >= 11 is 5.85. The third-order valence-electron chi connectivity index (χ3n) is 1.61. The quantitative estimate of drug-likeness (QED) is 0.548. The number of ether oxygens (including phenoxy) is 1. The van der Waals surface area contributed by atoms with Crippen LogP contribution in [0.15, 0.2) is 12.5 Å². The van der Waals surface area contributed by atoms with E-state index >= 15 is 0 Å². The average molecular weight is 203 g/mol. The van der Waals surface area contributed by atoms with Crippen molar-refractivity contribution in [2.24, 2.45) is 7.05 Å². The lowest BCUT2D eigenvalue weighted by Gasteiger charge is -2.08. The lowest BCUT2D eigenvalue weighted by Crippen LogP contribution is -2.13. The van der Waals surface area contributed by atoms with E-state index in [2.05, 4.69) is 4.98 Å². The summed E-state index contributed by atoms with van der Waals surface area (Å²) < 4.78 is 6.46. The predicted molar refractivity (Wildman–Crippen MR) is 48.4 cm³/mol. The summed E-state index contributed by atoms with van der Waals surface area (Å²) in [6.07, 6.45) is 3.14. The third-order valence-corrected chi connectivity index (χ3v) is 2.01. The first kappa shape index (κ1) is 10.1. The summed E-state index contributed by atoms with van der Waals surface area (Å²) in [6.45, 7) is 2.07. The highest BCUT2D eigenvalue weighted by molar-refractivity contribution is 6.29. The molecular weight excluding hydrogens is 192 g/mol. The summed E-state index contributed by atoms with van der Waals surface area (Å²) in [5.41, 5.74) is 0.639. The molecule has 0 aromatic carbocycles. The van der Waals surface area contributed by atoms with Crippen LogP contribution >= 0.6 is 11.6 Å². The first-order chi connectivity index (χ1) is 6.16. The van der Waals surface area contributed by atoms with Crippen LogP contribution in [-0.2, 0) is 16.6 Å². The molecule has 5 heteroatoms. The van der Waals surface area contributed by atoms with Crippen molar-refractivity contribution in [1.29, 1.82) is 0 Å². The zero-order valence-corrected chi connectivity index (χ0v) is 8.28. The maximum absolute atomic E-state index is 11.2. The lowest BCUT2D eigenvalue weighted by atomic mass is 10.3. The minimum absolute atomic E-state index is 0.333. The fourth-order valence-corrected chi connectivity index (χ4v) is 1.22. The normalized spacial score (nSPS) is 12.5. The van der Waals surface area contributed by atoms with E-state index in [1.807, 2.05) is 0 Å². The molecule has 0 bridgehead atoms. The molecule has 13 heavy (non-hydrogen) atoms. The zero-order chi connectivity index (χ0) is 9.84. The van der Waals surface area contributed by atoms with E-state index in [1.54, 1.807) is 31.1 Å². The maximum atomic E-state index is 11.2. The van der Waals surface area contributed by atoms with Crippen molar-refractivity contribution in [3.63, 3.8) is 0 Å². The average Bonchev–Trinajstić information content (AvgIpc) is 2.50. The standard InChI is InChI=1S/C8H11ClN2O2/c1-3-13-8(12)7(9)6-4-10-5-11(6)2/h4-5,7H,3H2,1-2H3. The number of hydrogen-bond acceptors (Lipinski definition) is 3. The van der Waals surface area contributed by atoms with Crippen molar-refractivity contribution in [2.45, 2.75) is 12.3 Å². The molecule has 0 spiro atoms. The van der Waals surface area contributed by atoms with Gasteiger partial charge in [0.1, 0.15) is 0 Å². The fraction of sp³-hybridized carbons (Fsp3) is 0.500. The van der Waals surface area contributed by atoms with Gasteiger partial charge in [-0.15, -0.1) is 11.6 Å². The Morgan fingerprint density at radius 1 is 1.85 bits per heavy atom. The molecule has 1 aromatic rings. The Kier molecular flexibility index (Phi) is 3.31. The number of carbonyl (C=O) groups excluding carboxylic acids is 1. The Hall–Kier alpha value is -1.03. The minimum Gasteiger partial charge on any atom is -0.465 e. The fourth-order valence-electron chi connectivity index (χ4n) is 0.948. The van der Waals surface area contributed by atoms with Gasteiger partial charge < -0.3 is 9.30 Å². The number of imidazole rings is 1. The molecule has 1 aromatic heterocycles. The van der Waals surface area contributed by atoms with Crippen molar-refractivity contribution in [3.8, 4) is 0 Å². The van der Waals surface area contributed by atoms with Crippen molar-refractivity contribution < 1.29 is 9.53 Å². The number of esters is 1. The number of nitrogens with zero attached hydrogens (tertiary/aromatic N) is 2.